The second-order valence-electron chi connectivity index (χ2n) is 11.4. The van der Waals surface area contributed by atoms with Gasteiger partial charge in [0.2, 0.25) is 5.95 Å². The highest BCUT2D eigenvalue weighted by molar-refractivity contribution is 6.42. The molecule has 216 valence electrons. The molecule has 0 unspecified atom stereocenters. The van der Waals surface area contributed by atoms with Gasteiger partial charge in [-0.3, -0.25) is 4.90 Å². The first-order chi connectivity index (χ1) is 20.4. The van der Waals surface area contributed by atoms with Crippen molar-refractivity contribution in [1.29, 1.82) is 0 Å². The van der Waals surface area contributed by atoms with Crippen LogP contribution in [0.2, 0.25) is 10.0 Å². The first-order valence-electron chi connectivity index (χ1n) is 14.5. The van der Waals surface area contributed by atoms with Crippen LogP contribution in [0.25, 0.3) is 33.1 Å². The Kier molecular flexibility index (Phi) is 7.35. The molecule has 0 atom stereocenters. The van der Waals surface area contributed by atoms with Crippen molar-refractivity contribution in [3.63, 3.8) is 0 Å². The Hall–Kier alpha value is -3.50. The number of nitrogens with one attached hydrogen (secondary N) is 1. The van der Waals surface area contributed by atoms with Crippen LogP contribution in [0.5, 0.6) is 0 Å². The van der Waals surface area contributed by atoms with Gasteiger partial charge in [-0.25, -0.2) is 19.9 Å². The van der Waals surface area contributed by atoms with Gasteiger partial charge in [-0.05, 0) is 62.6 Å². The summed E-state index contributed by atoms with van der Waals surface area (Å²) in [6, 6.07) is 12.8. The molecule has 0 radical (unpaired) electrons. The fourth-order valence-electron chi connectivity index (χ4n) is 6.44. The molecule has 42 heavy (non-hydrogen) atoms. The Balaban J connectivity index is 1.12. The SMILES string of the molecule is CN1CCN([C@H]2CC[C@H](n3cc(-c4ccc(Nc5ncc6cc(Cl)c(Cl)cc6n5)cc4)c4c(N)ncnc43)CC2)CC1. The number of nitrogens with zero attached hydrogens (tertiary/aromatic N) is 7. The van der Waals surface area contributed by atoms with Gasteiger partial charge in [0.05, 0.1) is 20.9 Å². The van der Waals surface area contributed by atoms with Crippen LogP contribution in [-0.2, 0) is 0 Å². The molecule has 2 aromatic carbocycles. The number of nitrogens with two attached hydrogens (primary N) is 1. The predicted molar refractivity (Wildman–Crippen MR) is 171 cm³/mol. The van der Waals surface area contributed by atoms with Crippen molar-refractivity contribution in [2.75, 3.05) is 44.3 Å². The average molecular weight is 603 g/mol. The largest absolute Gasteiger partial charge is 0.383 e. The number of rotatable bonds is 5. The summed E-state index contributed by atoms with van der Waals surface area (Å²) < 4.78 is 2.34. The van der Waals surface area contributed by atoms with Crippen molar-refractivity contribution in [1.82, 2.24) is 34.3 Å². The van der Waals surface area contributed by atoms with Crippen molar-refractivity contribution < 1.29 is 0 Å². The monoisotopic (exact) mass is 601 g/mol. The van der Waals surface area contributed by atoms with E-state index in [0.29, 0.717) is 33.9 Å². The molecule has 7 rings (SSSR count). The molecule has 11 heteroatoms. The van der Waals surface area contributed by atoms with Crippen molar-refractivity contribution in [2.24, 2.45) is 0 Å². The highest BCUT2D eigenvalue weighted by Crippen LogP contribution is 2.39. The first kappa shape index (κ1) is 27.3. The van der Waals surface area contributed by atoms with Gasteiger partial charge < -0.3 is 20.5 Å². The summed E-state index contributed by atoms with van der Waals surface area (Å²) in [5, 5.41) is 5.97. The maximum atomic E-state index is 6.44. The van der Waals surface area contributed by atoms with E-state index in [4.69, 9.17) is 33.9 Å². The molecular formula is C31H33Cl2N9. The molecule has 1 aliphatic carbocycles. The summed E-state index contributed by atoms with van der Waals surface area (Å²) in [6.45, 7) is 4.67. The van der Waals surface area contributed by atoms with Crippen LogP contribution in [0.15, 0.2) is 55.1 Å². The lowest BCUT2D eigenvalue weighted by atomic mass is 9.89. The van der Waals surface area contributed by atoms with Gasteiger partial charge in [0.25, 0.3) is 0 Å². The van der Waals surface area contributed by atoms with E-state index >= 15 is 0 Å². The number of nitrogen functional groups attached to an aromatic ring is 1. The van der Waals surface area contributed by atoms with Crippen molar-refractivity contribution in [3.8, 4) is 11.1 Å². The smallest absolute Gasteiger partial charge is 0.227 e. The lowest BCUT2D eigenvalue weighted by Crippen LogP contribution is -2.49. The third-order valence-electron chi connectivity index (χ3n) is 8.83. The van der Waals surface area contributed by atoms with E-state index in [0.717, 1.165) is 64.7 Å². The number of hydrogen-bond donors (Lipinski definition) is 2. The van der Waals surface area contributed by atoms with Crippen LogP contribution in [0, 0.1) is 0 Å². The third-order valence-corrected chi connectivity index (χ3v) is 9.55. The average Bonchev–Trinajstić information content (AvgIpc) is 3.40. The number of aromatic nitrogens is 5. The molecule has 1 aliphatic heterocycles. The molecule has 4 heterocycles. The van der Waals surface area contributed by atoms with Gasteiger partial charge in [-0.15, -0.1) is 0 Å². The number of anilines is 3. The summed E-state index contributed by atoms with van der Waals surface area (Å²) in [5.41, 5.74) is 11.0. The van der Waals surface area contributed by atoms with Gasteiger partial charge in [-0.1, -0.05) is 35.3 Å². The van der Waals surface area contributed by atoms with Crippen molar-refractivity contribution in [2.45, 2.75) is 37.8 Å². The molecule has 1 saturated heterocycles. The Morgan fingerprint density at radius 3 is 2.36 bits per heavy atom. The molecule has 0 bridgehead atoms. The molecule has 3 N–H and O–H groups in total. The molecular weight excluding hydrogens is 569 g/mol. The highest BCUT2D eigenvalue weighted by Gasteiger charge is 2.30. The minimum atomic E-state index is 0.397. The second kappa shape index (κ2) is 11.3. The summed E-state index contributed by atoms with van der Waals surface area (Å²) >= 11 is 12.3. The van der Waals surface area contributed by atoms with E-state index in [1.54, 1.807) is 24.7 Å². The normalized spacial score (nSPS) is 20.4. The molecule has 1 saturated carbocycles. The molecule has 0 spiro atoms. The van der Waals surface area contributed by atoms with E-state index in [2.05, 4.69) is 60.0 Å². The zero-order valence-electron chi connectivity index (χ0n) is 23.5. The zero-order chi connectivity index (χ0) is 28.8. The number of piperazine rings is 1. The van der Waals surface area contributed by atoms with Crippen LogP contribution >= 0.6 is 23.2 Å². The molecule has 9 nitrogen and oxygen atoms in total. The van der Waals surface area contributed by atoms with Crippen LogP contribution in [-0.4, -0.2) is 73.6 Å². The number of benzene rings is 2. The summed E-state index contributed by atoms with van der Waals surface area (Å²) in [5.74, 6) is 0.987. The van der Waals surface area contributed by atoms with E-state index in [-0.39, 0.29) is 0 Å². The van der Waals surface area contributed by atoms with Crippen molar-refractivity contribution in [3.05, 3.63) is 65.2 Å². The number of fused-ring (bicyclic) bond motifs is 2. The Bertz CT molecular complexity index is 1740. The fraction of sp³-hybridized carbons (Fsp3) is 0.355. The first-order valence-corrected chi connectivity index (χ1v) is 15.2. The summed E-state index contributed by atoms with van der Waals surface area (Å²) in [4.78, 5) is 23.2. The molecule has 5 aromatic rings. The molecule has 0 amide bonds. The van der Waals surface area contributed by atoms with Crippen molar-refractivity contribution >= 4 is 62.6 Å². The van der Waals surface area contributed by atoms with E-state index < -0.39 is 0 Å². The maximum absolute atomic E-state index is 6.44. The van der Waals surface area contributed by atoms with Crippen LogP contribution in [0.3, 0.4) is 0 Å². The van der Waals surface area contributed by atoms with Gasteiger partial charge >= 0.3 is 0 Å². The number of halogens is 2. The van der Waals surface area contributed by atoms with Gasteiger partial charge in [0.15, 0.2) is 0 Å². The van der Waals surface area contributed by atoms with Crippen LogP contribution in [0.4, 0.5) is 17.5 Å². The fourth-order valence-corrected chi connectivity index (χ4v) is 6.77. The Morgan fingerprint density at radius 2 is 1.60 bits per heavy atom. The molecule has 2 aliphatic rings. The molecule has 3 aromatic heterocycles. The highest BCUT2D eigenvalue weighted by atomic mass is 35.5. The van der Waals surface area contributed by atoms with E-state index in [9.17, 15) is 0 Å². The minimum absolute atomic E-state index is 0.397. The third kappa shape index (κ3) is 5.26. The summed E-state index contributed by atoms with van der Waals surface area (Å²) in [7, 11) is 2.22. The Morgan fingerprint density at radius 1 is 0.881 bits per heavy atom. The van der Waals surface area contributed by atoms with E-state index in [1.165, 1.54) is 25.9 Å². The standard InChI is InChI=1S/C31H33Cl2N9/c1-40-10-12-41(13-11-40)22-6-8-23(9-7-22)42-17-24(28-29(34)36-18-37-30(28)42)19-2-4-21(5-3-19)38-31-35-16-20-14-25(32)26(33)15-27(20)39-31/h2-5,14-18,22-23H,6-13H2,1H3,(H2,34,36,37)(H,35,38,39)/t22-,23-. The lowest BCUT2D eigenvalue weighted by molar-refractivity contribution is 0.0828. The van der Waals surface area contributed by atoms with Crippen LogP contribution in [0.1, 0.15) is 31.7 Å². The second-order valence-corrected chi connectivity index (χ2v) is 12.2. The number of likely N-dealkylation sites (N-methyl/N-ethyl adjacent to an activating group) is 1. The molecule has 2 fully saturated rings. The van der Waals surface area contributed by atoms with Gasteiger partial charge in [0.1, 0.15) is 17.8 Å². The van der Waals surface area contributed by atoms with E-state index in [1.807, 2.05) is 12.1 Å². The van der Waals surface area contributed by atoms with Gasteiger partial charge in [0, 0.05) is 67.3 Å². The lowest BCUT2D eigenvalue weighted by Gasteiger charge is -2.41. The topological polar surface area (TPSA) is 101 Å². The minimum Gasteiger partial charge on any atom is -0.383 e. The quantitative estimate of drug-likeness (QED) is 0.238. The number of hydrogen-bond acceptors (Lipinski definition) is 8. The van der Waals surface area contributed by atoms with Crippen LogP contribution < -0.4 is 11.1 Å². The summed E-state index contributed by atoms with van der Waals surface area (Å²) in [6.07, 6.45) is 10.2. The van der Waals surface area contributed by atoms with Gasteiger partial charge in [-0.2, -0.15) is 0 Å². The predicted octanol–water partition coefficient (Wildman–Crippen LogP) is 6.41. The zero-order valence-corrected chi connectivity index (χ0v) is 25.0. The maximum Gasteiger partial charge on any atom is 0.227 e. The Labute approximate surface area is 254 Å².